The molecule has 2 aromatic heterocycles. The molecule has 0 amide bonds. The number of pyridine rings is 1. The van der Waals surface area contributed by atoms with Gasteiger partial charge in [-0.05, 0) is 24.6 Å². The van der Waals surface area contributed by atoms with Crippen molar-refractivity contribution >= 4 is 21.6 Å². The highest BCUT2D eigenvalue weighted by molar-refractivity contribution is 7.16. The lowest BCUT2D eigenvalue weighted by atomic mass is 10.2. The number of rotatable bonds is 0. The number of fused-ring (bicyclic) bond motifs is 1. The van der Waals surface area contributed by atoms with Gasteiger partial charge >= 0.3 is 6.18 Å². The second-order valence-electron chi connectivity index (χ2n) is 2.88. The van der Waals surface area contributed by atoms with Crippen LogP contribution in [0.3, 0.4) is 0 Å². The van der Waals surface area contributed by atoms with Gasteiger partial charge in [0.15, 0.2) is 0 Å². The average molecular weight is 216 g/mol. The van der Waals surface area contributed by atoms with Gasteiger partial charge in [0.05, 0.1) is 5.38 Å². The maximum absolute atomic E-state index is 12.3. The molecule has 0 saturated heterocycles. The Morgan fingerprint density at radius 2 is 2.07 bits per heavy atom. The van der Waals surface area contributed by atoms with Crippen LogP contribution in [-0.4, -0.2) is 4.98 Å². The first-order chi connectivity index (χ1) is 6.48. The van der Waals surface area contributed by atoms with E-state index in [4.69, 9.17) is 0 Å². The zero-order valence-electron chi connectivity index (χ0n) is 7.14. The predicted molar refractivity (Wildman–Crippen MR) is 48.2 cm³/mol. The summed E-state index contributed by atoms with van der Waals surface area (Å²) in [5, 5.41) is 3.61. The van der Waals surface area contributed by atoms with Gasteiger partial charge in [-0.2, -0.15) is 13.2 Å². The van der Waals surface area contributed by atoms with Crippen LogP contribution in [0.4, 0.5) is 13.2 Å². The highest BCUT2D eigenvalue weighted by Gasteiger charge is 2.32. The fourth-order valence-electron chi connectivity index (χ4n) is 1.14. The van der Waals surface area contributed by atoms with E-state index in [-0.39, 0.29) is 0 Å². The summed E-state index contributed by atoms with van der Waals surface area (Å²) in [6, 6.07) is 2.43. The molecule has 0 aliphatic rings. The number of halogens is 3. The van der Waals surface area contributed by atoms with Crippen molar-refractivity contribution in [1.29, 1.82) is 0 Å². The van der Waals surface area contributed by atoms with E-state index in [0.29, 0.717) is 4.83 Å². The van der Waals surface area contributed by atoms with Gasteiger partial charge in [-0.15, -0.1) is 11.3 Å². The lowest BCUT2D eigenvalue weighted by molar-refractivity contribution is -0.140. The van der Waals surface area contributed by atoms with Crippen molar-refractivity contribution in [3.05, 3.63) is 28.8 Å². The predicted octanol–water partition coefficient (Wildman–Crippen LogP) is 3.42. The second kappa shape index (κ2) is 2.95. The van der Waals surface area contributed by atoms with E-state index >= 15 is 0 Å². The number of hydrogen-bond acceptors (Lipinski definition) is 2. The summed E-state index contributed by atoms with van der Waals surface area (Å²) in [6.45, 7) is 1.80. The Kier molecular flexibility index (Phi) is 1.99. The van der Waals surface area contributed by atoms with Crippen molar-refractivity contribution < 1.29 is 13.2 Å². The third-order valence-corrected chi connectivity index (χ3v) is 2.77. The molecule has 0 unspecified atom stereocenters. The molecule has 73 valence electrons. The summed E-state index contributed by atoms with van der Waals surface area (Å²) >= 11 is 1.11. The van der Waals surface area contributed by atoms with Crippen LogP contribution in [0.5, 0.6) is 0 Å². The van der Waals surface area contributed by atoms with Gasteiger partial charge in [0.25, 0.3) is 0 Å². The molecule has 0 aromatic carbocycles. The molecule has 2 aromatic rings. The molecule has 0 aliphatic heterocycles. The Bertz CT molecular complexity index is 472. The van der Waals surface area contributed by atoms with Crippen molar-refractivity contribution in [2.24, 2.45) is 0 Å². The van der Waals surface area contributed by atoms with Gasteiger partial charge in [-0.25, -0.2) is 4.98 Å². The molecular weight excluding hydrogens is 211 g/mol. The smallest absolute Gasteiger partial charge is 0.232 e. The first kappa shape index (κ1) is 9.45. The van der Waals surface area contributed by atoms with Crippen LogP contribution in [-0.2, 0) is 6.18 Å². The molecule has 5 heteroatoms. The summed E-state index contributed by atoms with van der Waals surface area (Å²) in [7, 11) is 0. The molecule has 14 heavy (non-hydrogen) atoms. The first-order valence-electron chi connectivity index (χ1n) is 3.83. The highest BCUT2D eigenvalue weighted by Crippen LogP contribution is 2.31. The molecule has 0 atom stereocenters. The van der Waals surface area contributed by atoms with E-state index in [1.165, 1.54) is 6.07 Å². The number of alkyl halides is 3. The lowest BCUT2D eigenvalue weighted by Gasteiger charge is -2.04. The van der Waals surface area contributed by atoms with E-state index in [2.05, 4.69) is 10.4 Å². The normalized spacial score (nSPS) is 12.3. The number of thiophene rings is 1. The van der Waals surface area contributed by atoms with Crippen molar-refractivity contribution in [1.82, 2.24) is 4.98 Å². The molecule has 1 radical (unpaired) electrons. The van der Waals surface area contributed by atoms with E-state index in [0.717, 1.165) is 28.4 Å². The van der Waals surface area contributed by atoms with E-state index in [9.17, 15) is 13.2 Å². The van der Waals surface area contributed by atoms with Crippen molar-refractivity contribution in [3.63, 3.8) is 0 Å². The second-order valence-corrected chi connectivity index (χ2v) is 3.67. The van der Waals surface area contributed by atoms with Gasteiger partial charge in [-0.1, -0.05) is 0 Å². The van der Waals surface area contributed by atoms with Gasteiger partial charge < -0.3 is 0 Å². The largest absolute Gasteiger partial charge is 0.433 e. The van der Waals surface area contributed by atoms with Gasteiger partial charge in [0.1, 0.15) is 10.5 Å². The maximum Gasteiger partial charge on any atom is 0.433 e. The van der Waals surface area contributed by atoms with Crippen molar-refractivity contribution in [2.45, 2.75) is 13.1 Å². The standard InChI is InChI=1S/C9H5F3NS/c1-5-4-14-8-6(5)2-3-7(13-8)9(10,11)12/h2-3H,1H3. The molecule has 0 saturated carbocycles. The summed E-state index contributed by atoms with van der Waals surface area (Å²) in [5.74, 6) is 0. The van der Waals surface area contributed by atoms with E-state index in [1.807, 2.05) is 0 Å². The number of nitrogens with zero attached hydrogens (tertiary/aromatic N) is 1. The summed E-state index contributed by atoms with van der Waals surface area (Å²) < 4.78 is 36.8. The summed E-state index contributed by atoms with van der Waals surface area (Å²) in [4.78, 5) is 3.92. The zero-order chi connectivity index (χ0) is 10.3. The fourth-order valence-corrected chi connectivity index (χ4v) is 1.98. The topological polar surface area (TPSA) is 12.9 Å². The zero-order valence-corrected chi connectivity index (χ0v) is 7.96. The van der Waals surface area contributed by atoms with Crippen LogP contribution in [0.25, 0.3) is 10.2 Å². The minimum Gasteiger partial charge on any atom is -0.232 e. The van der Waals surface area contributed by atoms with Crippen LogP contribution in [0, 0.1) is 12.3 Å². The van der Waals surface area contributed by atoms with Crippen LogP contribution >= 0.6 is 11.3 Å². The Labute approximate surface area is 82.2 Å². The maximum atomic E-state index is 12.3. The molecule has 0 fully saturated rings. The Morgan fingerprint density at radius 1 is 1.36 bits per heavy atom. The molecule has 0 N–H and O–H groups in total. The van der Waals surface area contributed by atoms with Gasteiger partial charge in [-0.3, -0.25) is 0 Å². The molecule has 0 bridgehead atoms. The summed E-state index contributed by atoms with van der Waals surface area (Å²) in [5.41, 5.74) is -0.00789. The minimum absolute atomic E-state index is 0.386. The quantitative estimate of drug-likeness (QED) is 0.657. The average Bonchev–Trinajstić information content (AvgIpc) is 2.46. The van der Waals surface area contributed by atoms with Crippen LogP contribution in [0.1, 0.15) is 11.3 Å². The van der Waals surface area contributed by atoms with Gasteiger partial charge in [0.2, 0.25) is 0 Å². The van der Waals surface area contributed by atoms with Gasteiger partial charge in [0, 0.05) is 5.39 Å². The first-order valence-corrected chi connectivity index (χ1v) is 4.65. The Balaban J connectivity index is 2.63. The molecular formula is C9H5F3NS. The highest BCUT2D eigenvalue weighted by atomic mass is 32.1. The molecule has 1 nitrogen and oxygen atoms in total. The number of aryl methyl sites for hydroxylation is 1. The Hall–Kier alpha value is -1.10. The Morgan fingerprint density at radius 3 is 2.71 bits per heavy atom. The van der Waals surface area contributed by atoms with E-state index < -0.39 is 11.9 Å². The third kappa shape index (κ3) is 1.48. The van der Waals surface area contributed by atoms with Crippen molar-refractivity contribution in [2.75, 3.05) is 0 Å². The van der Waals surface area contributed by atoms with Crippen LogP contribution < -0.4 is 0 Å². The number of aromatic nitrogens is 1. The third-order valence-electron chi connectivity index (χ3n) is 1.86. The van der Waals surface area contributed by atoms with Crippen molar-refractivity contribution in [3.8, 4) is 0 Å². The molecule has 2 rings (SSSR count). The summed E-state index contributed by atoms with van der Waals surface area (Å²) in [6.07, 6.45) is -4.37. The minimum atomic E-state index is -4.37. The lowest BCUT2D eigenvalue weighted by Crippen LogP contribution is -2.06. The fraction of sp³-hybridized carbons (Fsp3) is 0.222. The van der Waals surface area contributed by atoms with Crippen LogP contribution in [0.2, 0.25) is 0 Å². The van der Waals surface area contributed by atoms with Crippen LogP contribution in [0.15, 0.2) is 12.1 Å². The number of hydrogen-bond donors (Lipinski definition) is 0. The van der Waals surface area contributed by atoms with E-state index in [1.54, 1.807) is 6.92 Å². The monoisotopic (exact) mass is 216 g/mol. The molecule has 0 aliphatic carbocycles. The molecule has 0 spiro atoms. The SMILES string of the molecule is Cc1[c]sc2nc(C(F)(F)F)ccc12. The molecule has 2 heterocycles.